The second-order valence-electron chi connectivity index (χ2n) is 3.76. The van der Waals surface area contributed by atoms with Gasteiger partial charge in [-0.15, -0.1) is 0 Å². The Kier molecular flexibility index (Phi) is 3.42. The molecular weight excluding hydrogens is 248 g/mol. The number of non-ortho nitro benzene ring substituents is 1. The fourth-order valence-corrected chi connectivity index (χ4v) is 1.47. The summed E-state index contributed by atoms with van der Waals surface area (Å²) in [4.78, 5) is 14.0. The smallest absolute Gasteiger partial charge is 0.270 e. The average molecular weight is 257 g/mol. The molecule has 0 atom stereocenters. The molecule has 2 rings (SSSR count). The molecule has 0 unspecified atom stereocenters. The minimum atomic E-state index is -0.578. The number of nitro groups is 1. The molecule has 6 heteroatoms. The third kappa shape index (κ3) is 3.06. The number of benzene rings is 2. The van der Waals surface area contributed by atoms with Gasteiger partial charge < -0.3 is 10.2 Å². The molecule has 0 aliphatic rings. The number of rotatable bonds is 3. The van der Waals surface area contributed by atoms with Gasteiger partial charge in [0.2, 0.25) is 0 Å². The van der Waals surface area contributed by atoms with Crippen molar-refractivity contribution < 1.29 is 15.1 Å². The van der Waals surface area contributed by atoms with E-state index >= 15 is 0 Å². The van der Waals surface area contributed by atoms with Gasteiger partial charge in [0.25, 0.3) is 5.69 Å². The van der Waals surface area contributed by atoms with E-state index < -0.39 is 4.92 Å². The fourth-order valence-electron chi connectivity index (χ4n) is 1.47. The third-order valence-corrected chi connectivity index (χ3v) is 2.39. The first-order valence-electron chi connectivity index (χ1n) is 5.35. The monoisotopic (exact) mass is 257 g/mol. The minimum absolute atomic E-state index is 0.0519. The topological polar surface area (TPSA) is 98.8 Å². The van der Waals surface area contributed by atoms with Crippen LogP contribution in [0.2, 0.25) is 0 Å². The quantitative estimate of drug-likeness (QED) is 0.517. The zero-order valence-electron chi connectivity index (χ0n) is 9.69. The lowest BCUT2D eigenvalue weighted by Gasteiger charge is -2.08. The van der Waals surface area contributed by atoms with Crippen LogP contribution in [-0.2, 0) is 0 Å². The fraction of sp³-hybridized carbons (Fsp3) is 0. The van der Waals surface area contributed by atoms with E-state index in [9.17, 15) is 20.3 Å². The van der Waals surface area contributed by atoms with Crippen molar-refractivity contribution in [2.24, 2.45) is 4.99 Å². The Morgan fingerprint density at radius 1 is 1.21 bits per heavy atom. The van der Waals surface area contributed by atoms with Crippen molar-refractivity contribution in [3.63, 3.8) is 0 Å². The lowest BCUT2D eigenvalue weighted by molar-refractivity contribution is -0.385. The first-order chi connectivity index (χ1) is 9.06. The summed E-state index contributed by atoms with van der Waals surface area (Å²) < 4.78 is 0. The molecule has 96 valence electrons. The summed E-state index contributed by atoms with van der Waals surface area (Å²) in [6, 6.07) is 9.58. The Balaban J connectivity index is 2.32. The molecule has 6 nitrogen and oxygen atoms in total. The number of nitrogens with zero attached hydrogens (tertiary/aromatic N) is 2. The number of aromatic hydroxyl groups is 1. The van der Waals surface area contributed by atoms with Crippen LogP contribution < -0.4 is 5.11 Å². The first-order valence-corrected chi connectivity index (χ1v) is 5.35. The highest BCUT2D eigenvalue weighted by molar-refractivity contribution is 5.86. The zero-order chi connectivity index (χ0) is 13.8. The summed E-state index contributed by atoms with van der Waals surface area (Å²) in [6.45, 7) is 0. The molecule has 0 amide bonds. The molecule has 2 aromatic rings. The number of nitro benzene ring substituents is 1. The van der Waals surface area contributed by atoms with Gasteiger partial charge in [-0.25, -0.2) is 0 Å². The molecule has 0 bridgehead atoms. The Bertz CT molecular complexity index is 653. The van der Waals surface area contributed by atoms with Crippen LogP contribution >= 0.6 is 0 Å². The van der Waals surface area contributed by atoms with Crippen LogP contribution in [0, 0.1) is 10.1 Å². The van der Waals surface area contributed by atoms with E-state index in [-0.39, 0.29) is 22.7 Å². The molecule has 0 spiro atoms. The summed E-state index contributed by atoms with van der Waals surface area (Å²) in [5.41, 5.74) is 0.403. The summed E-state index contributed by atoms with van der Waals surface area (Å²) in [7, 11) is 0. The maximum Gasteiger partial charge on any atom is 0.270 e. The highest BCUT2D eigenvalue weighted by Crippen LogP contribution is 2.22. The number of hydrogen-bond acceptors (Lipinski definition) is 5. The van der Waals surface area contributed by atoms with Crippen LogP contribution in [-0.4, -0.2) is 16.2 Å². The van der Waals surface area contributed by atoms with E-state index in [2.05, 4.69) is 4.99 Å². The van der Waals surface area contributed by atoms with E-state index in [1.165, 1.54) is 18.3 Å². The number of phenolic OH excluding ortho intramolecular Hbond substituents is 1. The van der Waals surface area contributed by atoms with E-state index in [0.29, 0.717) is 5.69 Å². The van der Waals surface area contributed by atoms with Gasteiger partial charge in [0.1, 0.15) is 5.75 Å². The summed E-state index contributed by atoms with van der Waals surface area (Å²) in [5, 5.41) is 31.4. The zero-order valence-corrected chi connectivity index (χ0v) is 9.69. The van der Waals surface area contributed by atoms with Gasteiger partial charge in [-0.05, 0) is 17.7 Å². The Labute approximate surface area is 108 Å². The van der Waals surface area contributed by atoms with Gasteiger partial charge in [-0.1, -0.05) is 17.9 Å². The molecule has 0 radical (unpaired) electrons. The van der Waals surface area contributed by atoms with Gasteiger partial charge in [0.05, 0.1) is 10.6 Å². The van der Waals surface area contributed by atoms with Gasteiger partial charge in [0, 0.05) is 24.4 Å². The van der Waals surface area contributed by atoms with Gasteiger partial charge >= 0.3 is 0 Å². The minimum Gasteiger partial charge on any atom is -0.872 e. The molecule has 0 heterocycles. The summed E-state index contributed by atoms with van der Waals surface area (Å²) >= 11 is 0. The highest BCUT2D eigenvalue weighted by Gasteiger charge is 2.05. The maximum absolute atomic E-state index is 11.5. The molecule has 0 aliphatic carbocycles. The van der Waals surface area contributed by atoms with Crippen LogP contribution in [0.3, 0.4) is 0 Å². The normalized spacial score (nSPS) is 10.7. The van der Waals surface area contributed by atoms with E-state index in [1.807, 2.05) is 0 Å². The summed E-state index contributed by atoms with van der Waals surface area (Å²) in [5.74, 6) is -0.300. The van der Waals surface area contributed by atoms with Crippen molar-refractivity contribution in [3.8, 4) is 11.5 Å². The molecule has 0 aromatic heterocycles. The Morgan fingerprint density at radius 2 is 2.00 bits per heavy atom. The first kappa shape index (κ1) is 12.6. The molecule has 2 aromatic carbocycles. The predicted octanol–water partition coefficient (Wildman–Crippen LogP) is 2.12. The average Bonchev–Trinajstić information content (AvgIpc) is 2.37. The van der Waals surface area contributed by atoms with Crippen LogP contribution in [0.15, 0.2) is 47.5 Å². The third-order valence-electron chi connectivity index (χ3n) is 2.39. The molecule has 0 fully saturated rings. The van der Waals surface area contributed by atoms with Crippen molar-refractivity contribution in [2.75, 3.05) is 0 Å². The largest absolute Gasteiger partial charge is 0.872 e. The van der Waals surface area contributed by atoms with Gasteiger partial charge in [-0.3, -0.25) is 15.1 Å². The lowest BCUT2D eigenvalue weighted by atomic mass is 10.2. The number of phenols is 1. The molecule has 0 aliphatic heterocycles. The number of aliphatic imine (C=N–C) groups is 1. The van der Waals surface area contributed by atoms with Crippen molar-refractivity contribution in [2.45, 2.75) is 0 Å². The predicted molar refractivity (Wildman–Crippen MR) is 67.9 cm³/mol. The van der Waals surface area contributed by atoms with Crippen LogP contribution in [0.25, 0.3) is 0 Å². The molecule has 0 saturated heterocycles. The van der Waals surface area contributed by atoms with Crippen LogP contribution in [0.5, 0.6) is 11.5 Å². The molecule has 0 saturated carbocycles. The van der Waals surface area contributed by atoms with Gasteiger partial charge in [-0.2, -0.15) is 0 Å². The highest BCUT2D eigenvalue weighted by atomic mass is 16.6. The number of hydrogen-bond donors (Lipinski definition) is 1. The lowest BCUT2D eigenvalue weighted by Crippen LogP contribution is -1.98. The molecule has 1 N–H and O–H groups in total. The van der Waals surface area contributed by atoms with Gasteiger partial charge in [0.15, 0.2) is 0 Å². The summed E-state index contributed by atoms with van der Waals surface area (Å²) in [6.07, 6.45) is 1.24. The second-order valence-corrected chi connectivity index (χ2v) is 3.76. The standard InChI is InChI=1S/C13H10N2O4/c16-12-3-1-2-10(7-12)14-8-9-6-11(15(18)19)4-5-13(9)17/h1-8,16-17H/p-1. The van der Waals surface area contributed by atoms with Crippen LogP contribution in [0.1, 0.15) is 5.56 Å². The van der Waals surface area contributed by atoms with E-state index in [4.69, 9.17) is 0 Å². The van der Waals surface area contributed by atoms with Crippen molar-refractivity contribution in [1.82, 2.24) is 0 Å². The molecular formula is C13H9N2O4-. The van der Waals surface area contributed by atoms with E-state index in [0.717, 1.165) is 18.2 Å². The van der Waals surface area contributed by atoms with Crippen molar-refractivity contribution in [3.05, 3.63) is 58.1 Å². The Morgan fingerprint density at radius 3 is 2.68 bits per heavy atom. The molecule has 19 heavy (non-hydrogen) atoms. The van der Waals surface area contributed by atoms with Crippen molar-refractivity contribution in [1.29, 1.82) is 0 Å². The van der Waals surface area contributed by atoms with Crippen LogP contribution in [0.4, 0.5) is 11.4 Å². The van der Waals surface area contributed by atoms with Crippen molar-refractivity contribution >= 4 is 17.6 Å². The maximum atomic E-state index is 11.5. The second kappa shape index (κ2) is 5.18. The SMILES string of the molecule is O=[N+]([O-])c1ccc([O-])c(C=Nc2cccc(O)c2)c1. The van der Waals surface area contributed by atoms with E-state index in [1.54, 1.807) is 12.1 Å². The Hall–Kier alpha value is -2.89.